The lowest BCUT2D eigenvalue weighted by Gasteiger charge is -2.28. The van der Waals surface area contributed by atoms with Gasteiger partial charge in [-0.2, -0.15) is 0 Å². The first-order valence-corrected chi connectivity index (χ1v) is 7.35. The normalized spacial score (nSPS) is 36.2. The van der Waals surface area contributed by atoms with E-state index in [0.717, 1.165) is 37.4 Å². The van der Waals surface area contributed by atoms with E-state index >= 15 is 0 Å². The largest absolute Gasteiger partial charge is 0.338 e. The van der Waals surface area contributed by atoms with E-state index in [1.807, 2.05) is 4.90 Å². The van der Waals surface area contributed by atoms with Crippen LogP contribution in [-0.4, -0.2) is 30.6 Å². The minimum absolute atomic E-state index is 0.187. The Morgan fingerprint density at radius 3 is 2.59 bits per heavy atom. The number of rotatable bonds is 2. The molecule has 2 aliphatic carbocycles. The van der Waals surface area contributed by atoms with Gasteiger partial charge in [-0.1, -0.05) is 6.42 Å². The summed E-state index contributed by atoms with van der Waals surface area (Å²) in [6, 6.07) is 0.187. The monoisotopic (exact) mass is 236 g/mol. The third-order valence-corrected chi connectivity index (χ3v) is 5.04. The van der Waals surface area contributed by atoms with Crippen LogP contribution in [0.5, 0.6) is 0 Å². The van der Waals surface area contributed by atoms with Gasteiger partial charge in [0.25, 0.3) is 0 Å². The molecule has 3 fully saturated rings. The maximum Gasteiger partial charge on any atom is 0.317 e. The highest BCUT2D eigenvalue weighted by molar-refractivity contribution is 5.74. The molecule has 2 amide bonds. The Balaban J connectivity index is 1.43. The van der Waals surface area contributed by atoms with Crippen molar-refractivity contribution in [2.24, 2.45) is 17.8 Å². The van der Waals surface area contributed by atoms with Crippen LogP contribution in [-0.2, 0) is 0 Å². The van der Waals surface area contributed by atoms with Crippen LogP contribution in [0, 0.1) is 17.8 Å². The van der Waals surface area contributed by atoms with Gasteiger partial charge in [0, 0.05) is 19.6 Å². The molecule has 3 rings (SSSR count). The second-order valence-electron chi connectivity index (χ2n) is 6.17. The molecule has 2 saturated carbocycles. The molecule has 96 valence electrons. The van der Waals surface area contributed by atoms with Crippen LogP contribution >= 0.6 is 0 Å². The van der Waals surface area contributed by atoms with Crippen molar-refractivity contribution < 1.29 is 4.79 Å². The van der Waals surface area contributed by atoms with Crippen molar-refractivity contribution in [1.29, 1.82) is 0 Å². The Morgan fingerprint density at radius 1 is 1.12 bits per heavy atom. The van der Waals surface area contributed by atoms with Crippen LogP contribution < -0.4 is 5.32 Å². The highest BCUT2D eigenvalue weighted by Gasteiger charge is 2.39. The number of carbonyl (C=O) groups excluding carboxylic acids is 1. The molecular weight excluding hydrogens is 212 g/mol. The lowest BCUT2D eigenvalue weighted by Crippen LogP contribution is -2.44. The summed E-state index contributed by atoms with van der Waals surface area (Å²) in [4.78, 5) is 14.0. The summed E-state index contributed by atoms with van der Waals surface area (Å²) >= 11 is 0. The van der Waals surface area contributed by atoms with E-state index in [-0.39, 0.29) is 6.03 Å². The van der Waals surface area contributed by atoms with Gasteiger partial charge in [-0.3, -0.25) is 0 Å². The van der Waals surface area contributed by atoms with E-state index in [4.69, 9.17) is 0 Å². The topological polar surface area (TPSA) is 32.3 Å². The molecule has 3 heteroatoms. The van der Waals surface area contributed by atoms with Gasteiger partial charge in [-0.15, -0.1) is 0 Å². The molecule has 17 heavy (non-hydrogen) atoms. The minimum Gasteiger partial charge on any atom is -0.338 e. The van der Waals surface area contributed by atoms with Crippen LogP contribution in [0.15, 0.2) is 0 Å². The fourth-order valence-electron chi connectivity index (χ4n) is 4.05. The zero-order chi connectivity index (χ0) is 11.7. The Hall–Kier alpha value is -0.730. The van der Waals surface area contributed by atoms with E-state index < -0.39 is 0 Å². The summed E-state index contributed by atoms with van der Waals surface area (Å²) in [5, 5.41) is 3.17. The Morgan fingerprint density at radius 2 is 1.94 bits per heavy atom. The molecule has 0 radical (unpaired) electrons. The van der Waals surface area contributed by atoms with Gasteiger partial charge in [0.1, 0.15) is 0 Å². The molecule has 0 aromatic carbocycles. The third kappa shape index (κ3) is 2.43. The fraction of sp³-hybridized carbons (Fsp3) is 0.929. The summed E-state index contributed by atoms with van der Waals surface area (Å²) in [6.07, 6.45) is 9.31. The van der Waals surface area contributed by atoms with Crippen LogP contribution in [0.25, 0.3) is 0 Å². The SMILES string of the molecule is O=C(NCC1CC2CCC1C2)N1CCCCC1. The number of nitrogens with zero attached hydrogens (tertiary/aromatic N) is 1. The molecule has 0 aromatic heterocycles. The number of amides is 2. The molecule has 0 aromatic rings. The number of piperidine rings is 1. The quantitative estimate of drug-likeness (QED) is 0.785. The summed E-state index contributed by atoms with van der Waals surface area (Å²) in [5.74, 6) is 2.68. The van der Waals surface area contributed by atoms with E-state index in [1.54, 1.807) is 0 Å². The molecule has 1 heterocycles. The van der Waals surface area contributed by atoms with Crippen molar-refractivity contribution in [2.45, 2.75) is 44.9 Å². The van der Waals surface area contributed by atoms with Crippen LogP contribution in [0.3, 0.4) is 0 Å². The standard InChI is InChI=1S/C14H24N2O/c17-14(16-6-2-1-3-7-16)15-10-13-9-11-4-5-12(13)8-11/h11-13H,1-10H2,(H,15,17). The maximum absolute atomic E-state index is 12.0. The first kappa shape index (κ1) is 11.4. The number of likely N-dealkylation sites (tertiary alicyclic amines) is 1. The first-order valence-electron chi connectivity index (χ1n) is 7.35. The van der Waals surface area contributed by atoms with Crippen molar-refractivity contribution in [3.8, 4) is 0 Å². The van der Waals surface area contributed by atoms with Gasteiger partial charge in [-0.25, -0.2) is 4.79 Å². The molecule has 0 spiro atoms. The number of carbonyl (C=O) groups is 1. The summed E-state index contributed by atoms with van der Waals surface area (Å²) < 4.78 is 0. The van der Waals surface area contributed by atoms with Gasteiger partial charge in [-0.05, 0) is 56.3 Å². The smallest absolute Gasteiger partial charge is 0.317 e. The predicted molar refractivity (Wildman–Crippen MR) is 67.8 cm³/mol. The molecule has 3 atom stereocenters. The van der Waals surface area contributed by atoms with Gasteiger partial charge in [0.2, 0.25) is 0 Å². The summed E-state index contributed by atoms with van der Waals surface area (Å²) in [6.45, 7) is 2.85. The highest BCUT2D eigenvalue weighted by Crippen LogP contribution is 2.47. The molecule has 2 bridgehead atoms. The Kier molecular flexibility index (Phi) is 3.26. The Bertz CT molecular complexity index is 286. The lowest BCUT2D eigenvalue weighted by atomic mass is 9.89. The molecule has 3 nitrogen and oxygen atoms in total. The van der Waals surface area contributed by atoms with Crippen molar-refractivity contribution in [1.82, 2.24) is 10.2 Å². The van der Waals surface area contributed by atoms with Crippen molar-refractivity contribution in [2.75, 3.05) is 19.6 Å². The maximum atomic E-state index is 12.0. The molecule has 3 aliphatic rings. The lowest BCUT2D eigenvalue weighted by molar-refractivity contribution is 0.182. The second-order valence-corrected chi connectivity index (χ2v) is 6.17. The van der Waals surface area contributed by atoms with Crippen molar-refractivity contribution >= 4 is 6.03 Å². The zero-order valence-corrected chi connectivity index (χ0v) is 10.7. The van der Waals surface area contributed by atoms with Crippen LogP contribution in [0.1, 0.15) is 44.9 Å². The van der Waals surface area contributed by atoms with Crippen molar-refractivity contribution in [3.05, 3.63) is 0 Å². The number of hydrogen-bond acceptors (Lipinski definition) is 1. The number of fused-ring (bicyclic) bond motifs is 2. The van der Waals surface area contributed by atoms with Crippen LogP contribution in [0.2, 0.25) is 0 Å². The van der Waals surface area contributed by atoms with Gasteiger partial charge < -0.3 is 10.2 Å². The minimum atomic E-state index is 0.187. The average molecular weight is 236 g/mol. The second kappa shape index (κ2) is 4.87. The molecule has 3 unspecified atom stereocenters. The highest BCUT2D eigenvalue weighted by atomic mass is 16.2. The molecule has 1 aliphatic heterocycles. The van der Waals surface area contributed by atoms with Crippen molar-refractivity contribution in [3.63, 3.8) is 0 Å². The van der Waals surface area contributed by atoms with Gasteiger partial charge in [0.05, 0.1) is 0 Å². The number of urea groups is 1. The van der Waals surface area contributed by atoms with E-state index in [0.29, 0.717) is 0 Å². The number of hydrogen-bond donors (Lipinski definition) is 1. The van der Waals surface area contributed by atoms with Crippen LogP contribution in [0.4, 0.5) is 4.79 Å². The summed E-state index contributed by atoms with van der Waals surface area (Å²) in [7, 11) is 0. The van der Waals surface area contributed by atoms with E-state index in [9.17, 15) is 4.79 Å². The molecular formula is C14H24N2O. The van der Waals surface area contributed by atoms with Gasteiger partial charge >= 0.3 is 6.03 Å². The number of nitrogens with one attached hydrogen (secondary N) is 1. The predicted octanol–water partition coefficient (Wildman–Crippen LogP) is 2.62. The Labute approximate surface area is 104 Å². The third-order valence-electron chi connectivity index (χ3n) is 5.04. The van der Waals surface area contributed by atoms with E-state index in [1.165, 1.54) is 44.9 Å². The fourth-order valence-corrected chi connectivity index (χ4v) is 4.05. The van der Waals surface area contributed by atoms with Gasteiger partial charge in [0.15, 0.2) is 0 Å². The van der Waals surface area contributed by atoms with E-state index in [2.05, 4.69) is 5.32 Å². The molecule has 1 saturated heterocycles. The zero-order valence-electron chi connectivity index (χ0n) is 10.7. The average Bonchev–Trinajstić information content (AvgIpc) is 2.99. The summed E-state index contributed by atoms with van der Waals surface area (Å²) in [5.41, 5.74) is 0. The molecule has 1 N–H and O–H groups in total. The first-order chi connectivity index (χ1) is 8.33.